The number of H-pyrrole nitrogens is 1. The van der Waals surface area contributed by atoms with Crippen LogP contribution in [0, 0.1) is 0 Å². The van der Waals surface area contributed by atoms with Gasteiger partial charge in [0.15, 0.2) is 17.6 Å². The van der Waals surface area contributed by atoms with Crippen LogP contribution in [0.2, 0.25) is 0 Å². The Labute approximate surface area is 183 Å². The van der Waals surface area contributed by atoms with E-state index in [1.165, 1.54) is 0 Å². The molecular weight excluding hydrogens is 414 g/mol. The molecule has 0 saturated heterocycles. The maximum absolute atomic E-state index is 12.3. The van der Waals surface area contributed by atoms with E-state index in [2.05, 4.69) is 26.4 Å². The van der Waals surface area contributed by atoms with E-state index in [0.29, 0.717) is 47.4 Å². The topological polar surface area (TPSA) is 138 Å². The summed E-state index contributed by atoms with van der Waals surface area (Å²) >= 11 is 0. The van der Waals surface area contributed by atoms with Crippen LogP contribution in [0.25, 0.3) is 22.5 Å². The molecule has 166 valence electrons. The molecule has 32 heavy (non-hydrogen) atoms. The summed E-state index contributed by atoms with van der Waals surface area (Å²) in [6, 6.07) is 12.8. The summed E-state index contributed by atoms with van der Waals surface area (Å²) < 4.78 is 11.4. The molecule has 0 unspecified atom stereocenters. The lowest BCUT2D eigenvalue weighted by atomic mass is 10.0. The van der Waals surface area contributed by atoms with Crippen LogP contribution in [-0.2, 0) is 4.79 Å². The van der Waals surface area contributed by atoms with Crippen molar-refractivity contribution in [3.05, 3.63) is 52.8 Å². The second kappa shape index (κ2) is 8.98. The molecule has 5 N–H and O–H groups in total. The molecule has 0 spiro atoms. The second-order valence-corrected chi connectivity index (χ2v) is 7.04. The standard InChI is InChI=1S/C22H23N5O5/c1-3-16(22(29)30)32-14-7-5-6-12(10-14)13-8-9-15(17(11-13)31-4-2)19-23-20-18(21(28)24-19)25-27-26-20/h5-11,16,25,27H,3-4H2,1-2H3,(H,29,30)(H2,23,24,26,28)/t16-/m0/s1. The highest BCUT2D eigenvalue weighted by Gasteiger charge is 2.20. The summed E-state index contributed by atoms with van der Waals surface area (Å²) in [6.45, 7) is 4.05. The van der Waals surface area contributed by atoms with Gasteiger partial charge in [0.05, 0.1) is 12.2 Å². The molecule has 0 radical (unpaired) electrons. The van der Waals surface area contributed by atoms with Crippen molar-refractivity contribution in [2.75, 3.05) is 17.5 Å². The third-order valence-electron chi connectivity index (χ3n) is 4.92. The van der Waals surface area contributed by atoms with Gasteiger partial charge < -0.3 is 19.6 Å². The average molecular weight is 437 g/mol. The number of carboxylic acid groups (broad SMARTS) is 1. The van der Waals surface area contributed by atoms with Crippen LogP contribution < -0.4 is 31.4 Å². The van der Waals surface area contributed by atoms with E-state index in [0.717, 1.165) is 11.1 Å². The molecule has 4 rings (SSSR count). The van der Waals surface area contributed by atoms with Crippen molar-refractivity contribution < 1.29 is 19.4 Å². The Bertz CT molecular complexity index is 1210. The van der Waals surface area contributed by atoms with Gasteiger partial charge in [0, 0.05) is 0 Å². The van der Waals surface area contributed by atoms with Gasteiger partial charge in [-0.15, -0.1) is 5.53 Å². The third kappa shape index (κ3) is 4.21. The van der Waals surface area contributed by atoms with Gasteiger partial charge in [-0.3, -0.25) is 15.6 Å². The lowest BCUT2D eigenvalue weighted by molar-refractivity contribution is -0.145. The van der Waals surface area contributed by atoms with E-state index in [1.807, 2.05) is 31.2 Å². The molecule has 3 aromatic rings. The number of carbonyl (C=O) groups is 1. The number of hydrogen-bond acceptors (Lipinski definition) is 8. The number of benzene rings is 2. The first-order valence-corrected chi connectivity index (χ1v) is 10.2. The Hall–Kier alpha value is -4.05. The molecule has 1 aliphatic rings. The molecular formula is C22H23N5O5. The first kappa shape index (κ1) is 21.2. The molecule has 10 heteroatoms. The zero-order chi connectivity index (χ0) is 22.7. The number of anilines is 2. The number of carboxylic acids is 1. The van der Waals surface area contributed by atoms with Crippen molar-refractivity contribution in [2.24, 2.45) is 0 Å². The van der Waals surface area contributed by atoms with Gasteiger partial charge in [-0.05, 0) is 48.7 Å². The van der Waals surface area contributed by atoms with Crippen LogP contribution >= 0.6 is 0 Å². The third-order valence-corrected chi connectivity index (χ3v) is 4.92. The van der Waals surface area contributed by atoms with Crippen molar-refractivity contribution in [1.82, 2.24) is 15.5 Å². The minimum atomic E-state index is -1.00. The Balaban J connectivity index is 1.70. The fourth-order valence-corrected chi connectivity index (χ4v) is 3.35. The summed E-state index contributed by atoms with van der Waals surface area (Å²) in [7, 11) is 0. The fraction of sp³-hybridized carbons (Fsp3) is 0.227. The van der Waals surface area contributed by atoms with Crippen molar-refractivity contribution in [1.29, 1.82) is 0 Å². The number of hydrazine groups is 2. The van der Waals surface area contributed by atoms with E-state index in [1.54, 1.807) is 25.1 Å². The lowest BCUT2D eigenvalue weighted by Gasteiger charge is -2.15. The molecule has 0 fully saturated rings. The second-order valence-electron chi connectivity index (χ2n) is 7.04. The molecule has 2 aromatic carbocycles. The van der Waals surface area contributed by atoms with Gasteiger partial charge in [0.2, 0.25) is 0 Å². The predicted molar refractivity (Wildman–Crippen MR) is 120 cm³/mol. The van der Waals surface area contributed by atoms with E-state index >= 15 is 0 Å². The average Bonchev–Trinajstić information content (AvgIpc) is 3.27. The van der Waals surface area contributed by atoms with Gasteiger partial charge >= 0.3 is 5.97 Å². The quantitative estimate of drug-likeness (QED) is 0.360. The predicted octanol–water partition coefficient (Wildman–Crippen LogP) is 3.00. The molecule has 1 aromatic heterocycles. The Morgan fingerprint density at radius 2 is 1.94 bits per heavy atom. The molecule has 1 aliphatic heterocycles. The number of nitrogens with one attached hydrogen (secondary N) is 4. The van der Waals surface area contributed by atoms with Gasteiger partial charge in [-0.1, -0.05) is 25.1 Å². The number of aromatic amines is 1. The highest BCUT2D eigenvalue weighted by atomic mass is 16.5. The molecule has 0 bridgehead atoms. The van der Waals surface area contributed by atoms with Crippen LogP contribution in [0.4, 0.5) is 11.5 Å². The molecule has 0 amide bonds. The van der Waals surface area contributed by atoms with Crippen molar-refractivity contribution in [3.63, 3.8) is 0 Å². The van der Waals surface area contributed by atoms with Gasteiger partial charge in [0.25, 0.3) is 5.56 Å². The number of nitrogens with zero attached hydrogens (tertiary/aromatic N) is 1. The molecule has 10 nitrogen and oxygen atoms in total. The fourth-order valence-electron chi connectivity index (χ4n) is 3.35. The number of rotatable bonds is 8. The van der Waals surface area contributed by atoms with Crippen LogP contribution in [0.3, 0.4) is 0 Å². The maximum atomic E-state index is 12.3. The SMILES string of the molecule is CCOc1cc(-c2cccc(O[C@@H](CC)C(=O)O)c2)ccc1-c1nc2c(c(=O)[nH]1)NNN2. The lowest BCUT2D eigenvalue weighted by Crippen LogP contribution is -2.25. The van der Waals surface area contributed by atoms with Crippen LogP contribution in [0.15, 0.2) is 47.3 Å². The van der Waals surface area contributed by atoms with E-state index in [-0.39, 0.29) is 5.56 Å². The summed E-state index contributed by atoms with van der Waals surface area (Å²) in [6.07, 6.45) is -0.554. The maximum Gasteiger partial charge on any atom is 0.344 e. The van der Waals surface area contributed by atoms with Crippen molar-refractivity contribution >= 4 is 17.5 Å². The highest BCUT2D eigenvalue weighted by molar-refractivity contribution is 5.76. The first-order valence-electron chi connectivity index (χ1n) is 10.2. The molecule has 1 atom stereocenters. The number of hydrogen-bond donors (Lipinski definition) is 5. The zero-order valence-corrected chi connectivity index (χ0v) is 17.6. The minimum absolute atomic E-state index is 0.312. The van der Waals surface area contributed by atoms with Crippen LogP contribution in [0.1, 0.15) is 20.3 Å². The Kier molecular flexibility index (Phi) is 5.95. The summed E-state index contributed by atoms with van der Waals surface area (Å²) in [4.78, 5) is 30.8. The smallest absolute Gasteiger partial charge is 0.344 e. The van der Waals surface area contributed by atoms with E-state index < -0.39 is 12.1 Å². The Morgan fingerprint density at radius 3 is 2.69 bits per heavy atom. The highest BCUT2D eigenvalue weighted by Crippen LogP contribution is 2.34. The van der Waals surface area contributed by atoms with Gasteiger partial charge in [0.1, 0.15) is 17.3 Å². The van der Waals surface area contributed by atoms with E-state index in [4.69, 9.17) is 9.47 Å². The van der Waals surface area contributed by atoms with Crippen molar-refractivity contribution in [2.45, 2.75) is 26.4 Å². The van der Waals surface area contributed by atoms with Gasteiger partial charge in [-0.2, -0.15) is 0 Å². The Morgan fingerprint density at radius 1 is 1.12 bits per heavy atom. The number of ether oxygens (including phenoxy) is 2. The van der Waals surface area contributed by atoms with E-state index in [9.17, 15) is 14.7 Å². The summed E-state index contributed by atoms with van der Waals surface area (Å²) in [5, 5.41) is 9.25. The monoisotopic (exact) mass is 437 g/mol. The van der Waals surface area contributed by atoms with Gasteiger partial charge in [-0.25, -0.2) is 9.78 Å². The first-order chi connectivity index (χ1) is 15.5. The minimum Gasteiger partial charge on any atom is -0.493 e. The van der Waals surface area contributed by atoms with Crippen LogP contribution in [-0.4, -0.2) is 33.8 Å². The molecule has 2 heterocycles. The number of aliphatic carboxylic acids is 1. The molecule has 0 aliphatic carbocycles. The normalized spacial score (nSPS) is 12.9. The summed E-state index contributed by atoms with van der Waals surface area (Å²) in [5.74, 6) is 0.775. The number of fused-ring (bicyclic) bond motifs is 1. The summed E-state index contributed by atoms with van der Waals surface area (Å²) in [5.41, 5.74) is 10.4. The largest absolute Gasteiger partial charge is 0.493 e. The van der Waals surface area contributed by atoms with Crippen molar-refractivity contribution in [3.8, 4) is 34.0 Å². The zero-order valence-electron chi connectivity index (χ0n) is 17.6. The number of aromatic nitrogens is 2. The van der Waals surface area contributed by atoms with Crippen LogP contribution in [0.5, 0.6) is 11.5 Å². The molecule has 0 saturated carbocycles.